The number of carbonyl (C=O) groups excluding carboxylic acids is 1. The van der Waals surface area contributed by atoms with Crippen molar-refractivity contribution in [2.45, 2.75) is 26.4 Å². The Morgan fingerprint density at radius 3 is 2.84 bits per heavy atom. The maximum atomic E-state index is 12.7. The Bertz CT molecular complexity index is 540. The molecule has 6 heteroatoms. The SMILES string of the molecule is CCOP1(=O)O[C@@H](CC(=O)OC)c2cccc(C)c21. The van der Waals surface area contributed by atoms with Gasteiger partial charge in [-0.05, 0) is 25.0 Å². The summed E-state index contributed by atoms with van der Waals surface area (Å²) in [5.74, 6) is -0.401. The molecule has 1 heterocycles. The molecule has 0 aromatic heterocycles. The molecular weight excluding hydrogens is 267 g/mol. The molecule has 1 unspecified atom stereocenters. The van der Waals surface area contributed by atoms with Gasteiger partial charge in [0.05, 0.1) is 25.4 Å². The van der Waals surface area contributed by atoms with Gasteiger partial charge >= 0.3 is 13.6 Å². The maximum absolute atomic E-state index is 12.7. The first-order valence-electron chi connectivity index (χ1n) is 6.11. The van der Waals surface area contributed by atoms with Gasteiger partial charge in [-0.1, -0.05) is 18.2 Å². The number of esters is 1. The van der Waals surface area contributed by atoms with Crippen molar-refractivity contribution < 1.29 is 23.1 Å². The van der Waals surface area contributed by atoms with E-state index in [4.69, 9.17) is 9.05 Å². The summed E-state index contributed by atoms with van der Waals surface area (Å²) in [6.07, 6.45) is -0.538. The van der Waals surface area contributed by atoms with Gasteiger partial charge in [0.2, 0.25) is 0 Å². The summed E-state index contributed by atoms with van der Waals surface area (Å²) in [5.41, 5.74) is 1.60. The van der Waals surface area contributed by atoms with E-state index < -0.39 is 19.7 Å². The lowest BCUT2D eigenvalue weighted by Gasteiger charge is -2.14. The summed E-state index contributed by atoms with van der Waals surface area (Å²) in [6.45, 7) is 3.90. The number of rotatable bonds is 4. The second-order valence-electron chi connectivity index (χ2n) is 4.30. The molecule has 1 aromatic rings. The van der Waals surface area contributed by atoms with Crippen LogP contribution in [0.4, 0.5) is 0 Å². The van der Waals surface area contributed by atoms with Crippen molar-refractivity contribution in [3.63, 3.8) is 0 Å². The minimum atomic E-state index is -3.33. The van der Waals surface area contributed by atoms with E-state index in [2.05, 4.69) is 4.74 Å². The third-order valence-corrected chi connectivity index (χ3v) is 5.32. The number of hydrogen-bond acceptors (Lipinski definition) is 5. The van der Waals surface area contributed by atoms with Crippen molar-refractivity contribution in [2.24, 2.45) is 0 Å². The average Bonchev–Trinajstić information content (AvgIpc) is 2.64. The van der Waals surface area contributed by atoms with E-state index in [-0.39, 0.29) is 13.0 Å². The summed E-state index contributed by atoms with van der Waals surface area (Å²) in [4.78, 5) is 11.4. The molecule has 1 aliphatic heterocycles. The van der Waals surface area contributed by atoms with Gasteiger partial charge in [0, 0.05) is 0 Å². The third-order valence-electron chi connectivity index (χ3n) is 3.03. The minimum absolute atomic E-state index is 0.0318. The Hall–Kier alpha value is -1.16. The van der Waals surface area contributed by atoms with Crippen molar-refractivity contribution in [3.05, 3.63) is 29.3 Å². The van der Waals surface area contributed by atoms with Crippen molar-refractivity contribution in [2.75, 3.05) is 13.7 Å². The lowest BCUT2D eigenvalue weighted by atomic mass is 10.0. The van der Waals surface area contributed by atoms with Gasteiger partial charge < -0.3 is 9.26 Å². The smallest absolute Gasteiger partial charge is 0.362 e. The molecule has 0 radical (unpaired) electrons. The van der Waals surface area contributed by atoms with Gasteiger partial charge in [0.25, 0.3) is 0 Å². The highest BCUT2D eigenvalue weighted by Gasteiger charge is 2.44. The van der Waals surface area contributed by atoms with Crippen LogP contribution in [-0.4, -0.2) is 19.7 Å². The molecule has 0 saturated heterocycles. The molecule has 19 heavy (non-hydrogen) atoms. The highest BCUT2D eigenvalue weighted by Crippen LogP contribution is 2.58. The van der Waals surface area contributed by atoms with Gasteiger partial charge in [0.1, 0.15) is 6.10 Å². The van der Waals surface area contributed by atoms with Gasteiger partial charge in [-0.15, -0.1) is 0 Å². The summed E-state index contributed by atoms with van der Waals surface area (Å²) in [5, 5.41) is 0.589. The van der Waals surface area contributed by atoms with E-state index in [1.165, 1.54) is 7.11 Å². The Morgan fingerprint density at radius 2 is 2.21 bits per heavy atom. The second kappa shape index (κ2) is 5.45. The van der Waals surface area contributed by atoms with Crippen LogP contribution in [0, 0.1) is 6.92 Å². The monoisotopic (exact) mass is 284 g/mol. The number of hydrogen-bond donors (Lipinski definition) is 0. The molecule has 0 fully saturated rings. The van der Waals surface area contributed by atoms with Crippen LogP contribution in [0.5, 0.6) is 0 Å². The first-order valence-corrected chi connectivity index (χ1v) is 7.66. The highest BCUT2D eigenvalue weighted by atomic mass is 31.2. The molecule has 0 saturated carbocycles. The second-order valence-corrected chi connectivity index (χ2v) is 6.21. The van der Waals surface area contributed by atoms with Crippen molar-refractivity contribution in [1.29, 1.82) is 0 Å². The topological polar surface area (TPSA) is 61.8 Å². The van der Waals surface area contributed by atoms with E-state index in [0.717, 1.165) is 11.1 Å². The minimum Gasteiger partial charge on any atom is -0.469 e. The van der Waals surface area contributed by atoms with E-state index in [1.54, 1.807) is 6.92 Å². The molecular formula is C13H17O5P. The molecule has 104 valence electrons. The Labute approximate surface area is 112 Å². The maximum Gasteiger partial charge on any atom is 0.362 e. The fourth-order valence-electron chi connectivity index (χ4n) is 2.24. The number of ether oxygens (including phenoxy) is 1. The van der Waals surface area contributed by atoms with Gasteiger partial charge in [-0.25, -0.2) is 0 Å². The van der Waals surface area contributed by atoms with E-state index in [9.17, 15) is 9.36 Å². The predicted molar refractivity (Wildman–Crippen MR) is 70.5 cm³/mol. The first kappa shape index (κ1) is 14.3. The lowest BCUT2D eigenvalue weighted by molar-refractivity contribution is -0.142. The molecule has 2 atom stereocenters. The van der Waals surface area contributed by atoms with Crippen LogP contribution in [-0.2, 0) is 23.1 Å². The fraction of sp³-hybridized carbons (Fsp3) is 0.462. The average molecular weight is 284 g/mol. The Balaban J connectivity index is 2.42. The van der Waals surface area contributed by atoms with E-state index in [0.29, 0.717) is 5.30 Å². The highest BCUT2D eigenvalue weighted by molar-refractivity contribution is 7.62. The molecule has 0 aliphatic carbocycles. The standard InChI is InChI=1S/C13H17O5P/c1-4-17-19(15)13-9(2)6-5-7-10(13)11(18-19)8-12(14)16-3/h5-7,11H,4,8H2,1-3H3/t11-,19?/m0/s1. The van der Waals surface area contributed by atoms with E-state index >= 15 is 0 Å². The summed E-state index contributed by atoms with van der Waals surface area (Å²) in [6, 6.07) is 5.52. The van der Waals surface area contributed by atoms with Crippen molar-refractivity contribution >= 4 is 18.9 Å². The molecule has 0 spiro atoms. The quantitative estimate of drug-likeness (QED) is 0.628. The third kappa shape index (κ3) is 2.59. The summed E-state index contributed by atoms with van der Waals surface area (Å²) < 4.78 is 28.2. The summed E-state index contributed by atoms with van der Waals surface area (Å²) >= 11 is 0. The normalized spacial score (nSPS) is 25.1. The zero-order valence-electron chi connectivity index (χ0n) is 11.2. The zero-order chi connectivity index (χ0) is 14.0. The Kier molecular flexibility index (Phi) is 4.09. The number of methoxy groups -OCH3 is 1. The van der Waals surface area contributed by atoms with Crippen molar-refractivity contribution in [3.8, 4) is 0 Å². The van der Waals surface area contributed by atoms with Crippen LogP contribution in [0.2, 0.25) is 0 Å². The van der Waals surface area contributed by atoms with Crippen LogP contribution in [0.1, 0.15) is 30.6 Å². The molecule has 0 bridgehead atoms. The molecule has 1 aromatic carbocycles. The molecule has 2 rings (SSSR count). The van der Waals surface area contributed by atoms with Crippen LogP contribution >= 0.6 is 7.60 Å². The summed E-state index contributed by atoms with van der Waals surface area (Å²) in [7, 11) is -2.01. The van der Waals surface area contributed by atoms with Crippen LogP contribution in [0.3, 0.4) is 0 Å². The van der Waals surface area contributed by atoms with Gasteiger partial charge in [-0.2, -0.15) is 0 Å². The number of fused-ring (bicyclic) bond motifs is 1. The van der Waals surface area contributed by atoms with Crippen LogP contribution in [0.25, 0.3) is 0 Å². The van der Waals surface area contributed by atoms with E-state index in [1.807, 2.05) is 25.1 Å². The Morgan fingerprint density at radius 1 is 1.47 bits per heavy atom. The molecule has 0 amide bonds. The van der Waals surface area contributed by atoms with Gasteiger partial charge in [-0.3, -0.25) is 13.9 Å². The first-order chi connectivity index (χ1) is 9.01. The largest absolute Gasteiger partial charge is 0.469 e. The molecule has 0 N–H and O–H groups in total. The van der Waals surface area contributed by atoms with Crippen LogP contribution < -0.4 is 5.30 Å². The van der Waals surface area contributed by atoms with Crippen LogP contribution in [0.15, 0.2) is 18.2 Å². The molecule has 1 aliphatic rings. The predicted octanol–water partition coefficient (Wildman–Crippen LogP) is 2.48. The fourth-order valence-corrected chi connectivity index (χ4v) is 4.44. The molecule has 5 nitrogen and oxygen atoms in total. The number of aryl methyl sites for hydroxylation is 1. The number of carbonyl (C=O) groups is 1. The van der Waals surface area contributed by atoms with Crippen molar-refractivity contribution in [1.82, 2.24) is 0 Å². The lowest BCUT2D eigenvalue weighted by Crippen LogP contribution is -2.11. The number of benzene rings is 1. The van der Waals surface area contributed by atoms with Gasteiger partial charge in [0.15, 0.2) is 0 Å². The zero-order valence-corrected chi connectivity index (χ0v) is 12.1.